The number of carboxylic acids is 1. The molecule has 0 unspecified atom stereocenters. The average Bonchev–Trinajstić information content (AvgIpc) is 3.11. The number of alkyl carbamates (subject to hydrolysis) is 1. The second kappa shape index (κ2) is 9.72. The summed E-state index contributed by atoms with van der Waals surface area (Å²) in [7, 11) is 0. The van der Waals surface area contributed by atoms with Crippen LogP contribution >= 0.6 is 0 Å². The van der Waals surface area contributed by atoms with Crippen molar-refractivity contribution in [3.05, 3.63) is 59.7 Å². The highest BCUT2D eigenvalue weighted by molar-refractivity contribution is 5.80. The normalized spacial score (nSPS) is 21.6. The van der Waals surface area contributed by atoms with Crippen molar-refractivity contribution < 1.29 is 24.2 Å². The fraction of sp³-hybridized carbons (Fsp3) is 0.464. The molecule has 5 rings (SSSR count). The smallest absolute Gasteiger partial charge is 0.407 e. The summed E-state index contributed by atoms with van der Waals surface area (Å²) in [5.74, 6) is -0.261. The first kappa shape index (κ1) is 23.4. The molecule has 184 valence electrons. The lowest BCUT2D eigenvalue weighted by Crippen LogP contribution is -2.55. The minimum absolute atomic E-state index is 0.00388. The van der Waals surface area contributed by atoms with Crippen molar-refractivity contribution >= 4 is 18.0 Å². The van der Waals surface area contributed by atoms with Crippen LogP contribution in [0.3, 0.4) is 0 Å². The third kappa shape index (κ3) is 5.04. The maximum atomic E-state index is 12.4. The van der Waals surface area contributed by atoms with Crippen molar-refractivity contribution in [3.8, 4) is 11.1 Å². The zero-order chi connectivity index (χ0) is 24.4. The second-order valence-electron chi connectivity index (χ2n) is 10.4. The second-order valence-corrected chi connectivity index (χ2v) is 10.4. The Balaban J connectivity index is 1.03. The largest absolute Gasteiger partial charge is 0.481 e. The van der Waals surface area contributed by atoms with Gasteiger partial charge in [0.1, 0.15) is 6.61 Å². The summed E-state index contributed by atoms with van der Waals surface area (Å²) < 4.78 is 5.59. The number of hydrogen-bond acceptors (Lipinski definition) is 4. The summed E-state index contributed by atoms with van der Waals surface area (Å²) >= 11 is 0. The fourth-order valence-electron chi connectivity index (χ4n) is 5.93. The number of amides is 2. The molecule has 2 amide bonds. The molecule has 3 aliphatic carbocycles. The van der Waals surface area contributed by atoms with Crippen LogP contribution in [0, 0.1) is 11.8 Å². The van der Waals surface area contributed by atoms with Crippen LogP contribution in [-0.2, 0) is 14.3 Å². The number of carbonyl (C=O) groups is 3. The van der Waals surface area contributed by atoms with Gasteiger partial charge in [0.2, 0.25) is 5.91 Å². The van der Waals surface area contributed by atoms with Crippen LogP contribution in [0.25, 0.3) is 11.1 Å². The Morgan fingerprint density at radius 1 is 0.943 bits per heavy atom. The molecule has 3 aliphatic rings. The SMILES string of the molecule is O=C(O)CC1(NC(=O)CC2CC(CNC(=O)OCC3c4ccccc4-c4ccccc43)C2)CCC1. The minimum atomic E-state index is -0.868. The lowest BCUT2D eigenvalue weighted by atomic mass is 9.72. The van der Waals surface area contributed by atoms with E-state index in [4.69, 9.17) is 9.84 Å². The topological polar surface area (TPSA) is 105 Å². The summed E-state index contributed by atoms with van der Waals surface area (Å²) in [6.07, 6.45) is 4.20. The standard InChI is InChI=1S/C28H32N2O5/c31-25(30-28(10-5-11-28)15-26(32)33)14-18-12-19(13-18)16-29-27(34)35-17-24-22-8-3-1-6-20(22)21-7-2-4-9-23(21)24/h1-4,6-9,18-19,24H,5,10-17H2,(H,29,34)(H,30,31)(H,32,33). The van der Waals surface area contributed by atoms with E-state index >= 15 is 0 Å². The average molecular weight is 477 g/mol. The number of nitrogens with one attached hydrogen (secondary N) is 2. The van der Waals surface area contributed by atoms with Gasteiger partial charge in [-0.15, -0.1) is 0 Å². The number of benzene rings is 2. The first-order chi connectivity index (χ1) is 16.9. The number of carbonyl (C=O) groups excluding carboxylic acids is 2. The van der Waals surface area contributed by atoms with Gasteiger partial charge < -0.3 is 20.5 Å². The van der Waals surface area contributed by atoms with E-state index in [1.165, 1.54) is 22.3 Å². The first-order valence-corrected chi connectivity index (χ1v) is 12.5. The van der Waals surface area contributed by atoms with E-state index in [2.05, 4.69) is 34.9 Å². The van der Waals surface area contributed by atoms with Gasteiger partial charge in [-0.2, -0.15) is 0 Å². The molecule has 7 heteroatoms. The van der Waals surface area contributed by atoms with Crippen molar-refractivity contribution in [1.29, 1.82) is 0 Å². The monoisotopic (exact) mass is 476 g/mol. The highest BCUT2D eigenvalue weighted by atomic mass is 16.5. The molecule has 0 heterocycles. The molecule has 2 fully saturated rings. The molecule has 0 atom stereocenters. The summed E-state index contributed by atoms with van der Waals surface area (Å²) in [6.45, 7) is 0.836. The summed E-state index contributed by atoms with van der Waals surface area (Å²) in [5.41, 5.74) is 4.24. The summed E-state index contributed by atoms with van der Waals surface area (Å²) in [5, 5.41) is 15.0. The molecule has 7 nitrogen and oxygen atoms in total. The van der Waals surface area contributed by atoms with Crippen LogP contribution in [0.2, 0.25) is 0 Å². The maximum absolute atomic E-state index is 12.4. The van der Waals surface area contributed by atoms with Gasteiger partial charge in [0, 0.05) is 18.9 Å². The van der Waals surface area contributed by atoms with Crippen LogP contribution in [0.4, 0.5) is 4.79 Å². The lowest BCUT2D eigenvalue weighted by Gasteiger charge is -2.42. The Kier molecular flexibility index (Phi) is 6.50. The van der Waals surface area contributed by atoms with Gasteiger partial charge >= 0.3 is 12.1 Å². The van der Waals surface area contributed by atoms with Crippen LogP contribution in [-0.4, -0.2) is 41.8 Å². The van der Waals surface area contributed by atoms with Gasteiger partial charge in [-0.3, -0.25) is 9.59 Å². The zero-order valence-electron chi connectivity index (χ0n) is 19.8. The molecule has 0 saturated heterocycles. The highest BCUT2D eigenvalue weighted by Gasteiger charge is 2.41. The minimum Gasteiger partial charge on any atom is -0.481 e. The number of fused-ring (bicyclic) bond motifs is 3. The van der Waals surface area contributed by atoms with E-state index in [-0.39, 0.29) is 24.2 Å². The molecule has 0 aromatic heterocycles. The molecule has 0 radical (unpaired) electrons. The van der Waals surface area contributed by atoms with Gasteiger partial charge in [0.25, 0.3) is 0 Å². The van der Waals surface area contributed by atoms with Crippen LogP contribution in [0.5, 0.6) is 0 Å². The van der Waals surface area contributed by atoms with Crippen LogP contribution in [0.15, 0.2) is 48.5 Å². The predicted molar refractivity (Wildman–Crippen MR) is 131 cm³/mol. The van der Waals surface area contributed by atoms with Gasteiger partial charge in [-0.1, -0.05) is 48.5 Å². The summed E-state index contributed by atoms with van der Waals surface area (Å²) in [4.78, 5) is 35.9. The van der Waals surface area contributed by atoms with Gasteiger partial charge in [0.15, 0.2) is 0 Å². The maximum Gasteiger partial charge on any atom is 0.407 e. The third-order valence-corrected chi connectivity index (χ3v) is 7.89. The van der Waals surface area contributed by atoms with Gasteiger partial charge in [-0.25, -0.2) is 4.79 Å². The fourth-order valence-corrected chi connectivity index (χ4v) is 5.93. The van der Waals surface area contributed by atoms with Crippen molar-refractivity contribution in [1.82, 2.24) is 10.6 Å². The van der Waals surface area contributed by atoms with Crippen LogP contribution < -0.4 is 10.6 Å². The van der Waals surface area contributed by atoms with Crippen LogP contribution in [0.1, 0.15) is 62.0 Å². The van der Waals surface area contributed by atoms with Crippen molar-refractivity contribution in [2.24, 2.45) is 11.8 Å². The molecule has 35 heavy (non-hydrogen) atoms. The van der Waals surface area contributed by atoms with Crippen molar-refractivity contribution in [2.45, 2.75) is 56.4 Å². The number of carboxylic acid groups (broad SMARTS) is 1. The molecule has 0 spiro atoms. The molecule has 2 saturated carbocycles. The number of aliphatic carboxylic acids is 1. The first-order valence-electron chi connectivity index (χ1n) is 12.5. The van der Waals surface area contributed by atoms with Gasteiger partial charge in [-0.05, 0) is 66.2 Å². The quantitative estimate of drug-likeness (QED) is 0.496. The Bertz CT molecular complexity index is 1070. The molecular weight excluding hydrogens is 444 g/mol. The molecule has 0 bridgehead atoms. The number of hydrogen-bond donors (Lipinski definition) is 3. The molecule has 0 aliphatic heterocycles. The summed E-state index contributed by atoms with van der Waals surface area (Å²) in [6, 6.07) is 16.5. The highest BCUT2D eigenvalue weighted by Crippen LogP contribution is 2.44. The third-order valence-electron chi connectivity index (χ3n) is 7.89. The number of ether oxygens (including phenoxy) is 1. The van der Waals surface area contributed by atoms with Crippen molar-refractivity contribution in [2.75, 3.05) is 13.2 Å². The zero-order valence-corrected chi connectivity index (χ0v) is 19.8. The number of rotatable bonds is 9. The Morgan fingerprint density at radius 2 is 1.57 bits per heavy atom. The van der Waals surface area contributed by atoms with Gasteiger partial charge in [0.05, 0.1) is 12.0 Å². The Morgan fingerprint density at radius 3 is 2.14 bits per heavy atom. The van der Waals surface area contributed by atoms with E-state index in [0.29, 0.717) is 25.5 Å². The molecule has 3 N–H and O–H groups in total. The molecular formula is C28H32N2O5. The van der Waals surface area contributed by atoms with E-state index < -0.39 is 17.6 Å². The molecule has 2 aromatic carbocycles. The van der Waals surface area contributed by atoms with E-state index in [1.807, 2.05) is 24.3 Å². The molecule has 2 aromatic rings. The van der Waals surface area contributed by atoms with E-state index in [9.17, 15) is 14.4 Å². The van der Waals surface area contributed by atoms with E-state index in [1.54, 1.807) is 0 Å². The lowest BCUT2D eigenvalue weighted by molar-refractivity contribution is -0.140. The Hall–Kier alpha value is -3.35. The predicted octanol–water partition coefficient (Wildman–Crippen LogP) is 4.46. The van der Waals surface area contributed by atoms with Crippen molar-refractivity contribution in [3.63, 3.8) is 0 Å². The van der Waals surface area contributed by atoms with E-state index in [0.717, 1.165) is 32.1 Å². The Labute approximate surface area is 205 Å².